The zero-order valence-electron chi connectivity index (χ0n) is 18.9. The van der Waals surface area contributed by atoms with Gasteiger partial charge in [0.25, 0.3) is 0 Å². The van der Waals surface area contributed by atoms with Gasteiger partial charge in [0.15, 0.2) is 16.8 Å². The van der Waals surface area contributed by atoms with E-state index in [1.807, 2.05) is 23.6 Å². The van der Waals surface area contributed by atoms with E-state index in [1.54, 1.807) is 27.2 Å². The number of aromatic nitrogens is 3. The first-order valence-electron chi connectivity index (χ1n) is 9.96. The first-order valence-corrected chi connectivity index (χ1v) is 11.8. The molecule has 1 N–H and O–H groups in total. The number of anilines is 1. The largest absolute Gasteiger partial charge is 0.497 e. The highest BCUT2D eigenvalue weighted by atomic mass is 32.2. The molecule has 9 nitrogen and oxygen atoms in total. The number of rotatable bonds is 9. The molecule has 0 saturated heterocycles. The molecule has 0 spiro atoms. The lowest BCUT2D eigenvalue weighted by Crippen LogP contribution is -2.14. The molecule has 11 heteroatoms. The Morgan fingerprint density at radius 3 is 2.42 bits per heavy atom. The van der Waals surface area contributed by atoms with E-state index in [4.69, 9.17) is 9.47 Å². The average Bonchev–Trinajstić information content (AvgIpc) is 3.37. The molecule has 172 valence electrons. The second-order valence-electron chi connectivity index (χ2n) is 6.92. The van der Waals surface area contributed by atoms with E-state index in [0.717, 1.165) is 16.9 Å². The highest BCUT2D eigenvalue weighted by Gasteiger charge is 2.20. The predicted octanol–water partition coefficient (Wildman–Crippen LogP) is 4.16. The number of benzene rings is 1. The van der Waals surface area contributed by atoms with Crippen LogP contribution in [0.2, 0.25) is 0 Å². The van der Waals surface area contributed by atoms with Crippen molar-refractivity contribution in [3.05, 3.63) is 34.2 Å². The molecule has 0 saturated carbocycles. The third kappa shape index (κ3) is 5.18. The number of ketones is 1. The van der Waals surface area contributed by atoms with Crippen LogP contribution in [-0.4, -0.2) is 46.4 Å². The minimum atomic E-state index is -0.303. The van der Waals surface area contributed by atoms with Crippen molar-refractivity contribution in [2.45, 2.75) is 32.5 Å². The van der Waals surface area contributed by atoms with Gasteiger partial charge >= 0.3 is 0 Å². The Morgan fingerprint density at radius 1 is 1.21 bits per heavy atom. The molecule has 0 fully saturated rings. The lowest BCUT2D eigenvalue weighted by Gasteiger charge is -2.10. The van der Waals surface area contributed by atoms with Gasteiger partial charge in [-0.05, 0) is 38.5 Å². The van der Waals surface area contributed by atoms with Gasteiger partial charge in [-0.3, -0.25) is 9.59 Å². The molecule has 2 aromatic heterocycles. The van der Waals surface area contributed by atoms with Gasteiger partial charge in [-0.25, -0.2) is 0 Å². The lowest BCUT2D eigenvalue weighted by molar-refractivity contribution is -0.113. The second-order valence-corrected chi connectivity index (χ2v) is 8.88. The first kappa shape index (κ1) is 24.3. The molecular formula is C22H23N5O4S2. The highest BCUT2D eigenvalue weighted by Crippen LogP contribution is 2.34. The maximum absolute atomic E-state index is 12.6. The molecular weight excluding hydrogens is 462 g/mol. The molecule has 0 atom stereocenters. The van der Waals surface area contributed by atoms with Gasteiger partial charge in [-0.1, -0.05) is 11.8 Å². The van der Waals surface area contributed by atoms with Gasteiger partial charge in [0.1, 0.15) is 22.6 Å². The van der Waals surface area contributed by atoms with Crippen LogP contribution in [0.5, 0.6) is 11.5 Å². The second kappa shape index (κ2) is 10.5. The number of thioether (sulfide) groups is 1. The molecule has 1 amide bonds. The van der Waals surface area contributed by atoms with Gasteiger partial charge in [-0.2, -0.15) is 5.26 Å². The maximum Gasteiger partial charge on any atom is 0.235 e. The summed E-state index contributed by atoms with van der Waals surface area (Å²) in [5.41, 5.74) is 1.68. The topological polar surface area (TPSA) is 119 Å². The minimum Gasteiger partial charge on any atom is -0.497 e. The molecule has 2 heterocycles. The van der Waals surface area contributed by atoms with Crippen LogP contribution >= 0.6 is 23.1 Å². The van der Waals surface area contributed by atoms with Crippen molar-refractivity contribution in [3.63, 3.8) is 0 Å². The summed E-state index contributed by atoms with van der Waals surface area (Å²) >= 11 is 2.35. The molecule has 3 aromatic rings. The smallest absolute Gasteiger partial charge is 0.235 e. The van der Waals surface area contributed by atoms with Crippen LogP contribution in [-0.2, 0) is 11.3 Å². The summed E-state index contributed by atoms with van der Waals surface area (Å²) in [6, 6.07) is 7.52. The van der Waals surface area contributed by atoms with E-state index in [-0.39, 0.29) is 17.4 Å². The van der Waals surface area contributed by atoms with Gasteiger partial charge < -0.3 is 19.4 Å². The third-order valence-electron chi connectivity index (χ3n) is 4.81. The van der Waals surface area contributed by atoms with Gasteiger partial charge in [0, 0.05) is 18.2 Å². The Kier molecular flexibility index (Phi) is 7.73. The fourth-order valence-electron chi connectivity index (χ4n) is 3.20. The zero-order chi connectivity index (χ0) is 24.1. The highest BCUT2D eigenvalue weighted by molar-refractivity contribution is 7.99. The number of nitriles is 1. The van der Waals surface area contributed by atoms with Crippen molar-refractivity contribution < 1.29 is 19.1 Å². The zero-order valence-corrected chi connectivity index (χ0v) is 20.5. The molecule has 0 aliphatic heterocycles. The summed E-state index contributed by atoms with van der Waals surface area (Å²) in [7, 11) is 3.16. The number of thiophene rings is 1. The van der Waals surface area contributed by atoms with Crippen molar-refractivity contribution in [2.24, 2.45) is 0 Å². The number of carbonyl (C=O) groups excluding carboxylic acids is 2. The van der Waals surface area contributed by atoms with Crippen LogP contribution in [0.15, 0.2) is 23.4 Å². The number of nitrogens with one attached hydrogen (secondary N) is 1. The standard InChI is InChI=1S/C22H23N5O4S2/c1-6-27-20(14-7-15(30-4)9-16(8-14)31-5)25-26-22(27)32-11-18(29)24-21-17(10-23)12(2)19(33-21)13(3)28/h7-9H,6,11H2,1-5H3,(H,24,29). The number of ether oxygens (including phenoxy) is 2. The quantitative estimate of drug-likeness (QED) is 0.354. The summed E-state index contributed by atoms with van der Waals surface area (Å²) in [4.78, 5) is 24.8. The lowest BCUT2D eigenvalue weighted by atomic mass is 10.1. The van der Waals surface area contributed by atoms with E-state index in [9.17, 15) is 14.9 Å². The maximum atomic E-state index is 12.6. The summed E-state index contributed by atoms with van der Waals surface area (Å²) < 4.78 is 12.6. The minimum absolute atomic E-state index is 0.0663. The summed E-state index contributed by atoms with van der Waals surface area (Å²) in [6.45, 7) is 5.70. The van der Waals surface area contributed by atoms with Crippen LogP contribution < -0.4 is 14.8 Å². The predicted molar refractivity (Wildman–Crippen MR) is 127 cm³/mol. The monoisotopic (exact) mass is 485 g/mol. The molecule has 3 rings (SSSR count). The number of methoxy groups -OCH3 is 2. The Balaban J connectivity index is 1.78. The summed E-state index contributed by atoms with van der Waals surface area (Å²) in [5, 5.41) is 21.7. The normalized spacial score (nSPS) is 10.5. The van der Waals surface area contributed by atoms with Gasteiger partial charge in [0.2, 0.25) is 5.91 Å². The van der Waals surface area contributed by atoms with E-state index in [1.165, 1.54) is 18.7 Å². The van der Waals surface area contributed by atoms with Crippen LogP contribution in [0, 0.1) is 18.3 Å². The fourth-order valence-corrected chi connectivity index (χ4v) is 5.07. The van der Waals surface area contributed by atoms with Crippen molar-refractivity contribution in [3.8, 4) is 29.0 Å². The molecule has 0 radical (unpaired) electrons. The summed E-state index contributed by atoms with van der Waals surface area (Å²) in [6.07, 6.45) is 0. The van der Waals surface area contributed by atoms with Crippen LogP contribution in [0.1, 0.15) is 34.6 Å². The Hall–Kier alpha value is -3.36. The number of nitrogens with zero attached hydrogens (tertiary/aromatic N) is 4. The number of amides is 1. The number of carbonyl (C=O) groups is 2. The molecule has 33 heavy (non-hydrogen) atoms. The Bertz CT molecular complexity index is 1220. The number of Topliss-reactive ketones (excluding diaryl/α,β-unsaturated/α-hetero) is 1. The van der Waals surface area contributed by atoms with Gasteiger partial charge in [-0.15, -0.1) is 21.5 Å². The SMILES string of the molecule is CCn1c(SCC(=O)Nc2sc(C(C)=O)c(C)c2C#N)nnc1-c1cc(OC)cc(OC)c1. The van der Waals surface area contributed by atoms with E-state index in [2.05, 4.69) is 21.6 Å². The van der Waals surface area contributed by atoms with E-state index >= 15 is 0 Å². The number of hydrogen-bond acceptors (Lipinski definition) is 9. The molecule has 1 aromatic carbocycles. The Morgan fingerprint density at radius 2 is 1.88 bits per heavy atom. The van der Waals surface area contributed by atoms with Crippen LogP contribution in [0.25, 0.3) is 11.4 Å². The van der Waals surface area contributed by atoms with E-state index in [0.29, 0.717) is 50.0 Å². The third-order valence-corrected chi connectivity index (χ3v) is 7.08. The van der Waals surface area contributed by atoms with Crippen molar-refractivity contribution in [1.29, 1.82) is 5.26 Å². The van der Waals surface area contributed by atoms with Gasteiger partial charge in [0.05, 0.1) is 30.4 Å². The Labute approximate surface area is 199 Å². The molecule has 0 aliphatic carbocycles. The fraction of sp³-hybridized carbons (Fsp3) is 0.318. The number of hydrogen-bond donors (Lipinski definition) is 1. The van der Waals surface area contributed by atoms with Crippen molar-refractivity contribution in [1.82, 2.24) is 14.8 Å². The van der Waals surface area contributed by atoms with Crippen LogP contribution in [0.3, 0.4) is 0 Å². The van der Waals surface area contributed by atoms with E-state index < -0.39 is 0 Å². The summed E-state index contributed by atoms with van der Waals surface area (Å²) in [5.74, 6) is 1.52. The molecule has 0 unspecified atom stereocenters. The average molecular weight is 486 g/mol. The molecule has 0 aliphatic rings. The van der Waals surface area contributed by atoms with Crippen molar-refractivity contribution >= 4 is 39.8 Å². The first-order chi connectivity index (χ1) is 15.8. The van der Waals surface area contributed by atoms with Crippen molar-refractivity contribution in [2.75, 3.05) is 25.3 Å². The van der Waals surface area contributed by atoms with Crippen LogP contribution in [0.4, 0.5) is 5.00 Å². The molecule has 0 bridgehead atoms.